The van der Waals surface area contributed by atoms with Gasteiger partial charge in [-0.2, -0.15) is 0 Å². The van der Waals surface area contributed by atoms with Crippen LogP contribution in [0.1, 0.15) is 77.8 Å². The van der Waals surface area contributed by atoms with Gasteiger partial charge in [0.25, 0.3) is 5.92 Å². The minimum absolute atomic E-state index is 0.0506. The number of benzene rings is 1. The lowest BCUT2D eigenvalue weighted by molar-refractivity contribution is -0.133. The highest BCUT2D eigenvalue weighted by Crippen LogP contribution is 2.52. The second-order valence-electron chi connectivity index (χ2n) is 11.6. The molecule has 1 fully saturated rings. The first kappa shape index (κ1) is 25.7. The van der Waals surface area contributed by atoms with E-state index >= 15 is 0 Å². The Labute approximate surface area is 210 Å². The molecule has 1 aliphatic heterocycles. The van der Waals surface area contributed by atoms with E-state index < -0.39 is 35.4 Å². The first-order chi connectivity index (χ1) is 16.1. The van der Waals surface area contributed by atoms with Crippen LogP contribution in [0.4, 0.5) is 13.6 Å². The van der Waals surface area contributed by atoms with Crippen molar-refractivity contribution >= 4 is 23.6 Å². The molecular weight excluding hydrogens is 474 g/mol. The molecule has 0 aromatic heterocycles. The number of carboxylic acid groups (broad SMARTS) is 1. The SMILES string of the molecule is CC1=C(C(=O)O)CC1(C)N1C=C2CC(F)(F)CC[C@@]2(c2ccc(CCC(C)(C)C)c(Cl)c2)NC1=O. The Hall–Kier alpha value is -2.41. The van der Waals surface area contributed by atoms with Gasteiger partial charge in [0, 0.05) is 36.1 Å². The summed E-state index contributed by atoms with van der Waals surface area (Å²) in [4.78, 5) is 26.2. The Kier molecular flexibility index (Phi) is 6.11. The molecule has 0 spiro atoms. The maximum atomic E-state index is 14.6. The minimum Gasteiger partial charge on any atom is -0.478 e. The highest BCUT2D eigenvalue weighted by Gasteiger charge is 2.55. The molecule has 1 unspecified atom stereocenters. The fourth-order valence-electron chi connectivity index (χ4n) is 5.43. The van der Waals surface area contributed by atoms with Gasteiger partial charge in [-0.1, -0.05) is 44.5 Å². The zero-order valence-corrected chi connectivity index (χ0v) is 21.7. The third-order valence-electron chi connectivity index (χ3n) is 7.95. The van der Waals surface area contributed by atoms with Crippen molar-refractivity contribution in [3.63, 3.8) is 0 Å². The quantitative estimate of drug-likeness (QED) is 0.461. The summed E-state index contributed by atoms with van der Waals surface area (Å²) in [6.07, 6.45) is 2.63. The standard InChI is InChI=1S/C27H33ClF2N2O3/c1-16-20(22(33)34)14-25(16,5)32-15-19-13-26(29,30)10-11-27(19,31-23(32)35)18-7-6-17(21(28)12-18)8-9-24(2,3)4/h6-7,12,15H,8-11,13-14H2,1-5H3,(H,31,35)(H,33,34)/t25?,27-/m0/s1. The van der Waals surface area contributed by atoms with Crippen molar-refractivity contribution in [1.29, 1.82) is 0 Å². The van der Waals surface area contributed by atoms with E-state index in [2.05, 4.69) is 26.1 Å². The van der Waals surface area contributed by atoms with Crippen LogP contribution in [-0.4, -0.2) is 33.5 Å². The van der Waals surface area contributed by atoms with Crippen LogP contribution in [0.3, 0.4) is 0 Å². The second-order valence-corrected chi connectivity index (χ2v) is 12.0. The molecule has 1 saturated carbocycles. The maximum Gasteiger partial charge on any atom is 0.331 e. The molecule has 190 valence electrons. The van der Waals surface area contributed by atoms with Crippen LogP contribution in [0.25, 0.3) is 0 Å². The lowest BCUT2D eigenvalue weighted by Gasteiger charge is -2.53. The van der Waals surface area contributed by atoms with Crippen molar-refractivity contribution in [2.24, 2.45) is 5.41 Å². The molecule has 2 N–H and O–H groups in total. The number of urea groups is 1. The van der Waals surface area contributed by atoms with Gasteiger partial charge in [-0.25, -0.2) is 18.4 Å². The summed E-state index contributed by atoms with van der Waals surface area (Å²) in [5.41, 5.74) is 1.09. The van der Waals surface area contributed by atoms with E-state index in [1.54, 1.807) is 19.9 Å². The van der Waals surface area contributed by atoms with Crippen LogP contribution in [0.5, 0.6) is 0 Å². The number of hydrogen-bond donors (Lipinski definition) is 2. The molecule has 2 amide bonds. The van der Waals surface area contributed by atoms with Gasteiger partial charge in [0.1, 0.15) is 0 Å². The van der Waals surface area contributed by atoms with Crippen molar-refractivity contribution < 1.29 is 23.5 Å². The number of nitrogens with zero attached hydrogens (tertiary/aromatic N) is 1. The number of halogens is 3. The van der Waals surface area contributed by atoms with Gasteiger partial charge in [0.2, 0.25) is 0 Å². The fraction of sp³-hybridized carbons (Fsp3) is 0.556. The van der Waals surface area contributed by atoms with Crippen LogP contribution >= 0.6 is 11.6 Å². The van der Waals surface area contributed by atoms with E-state index in [0.29, 0.717) is 21.7 Å². The Bertz CT molecular complexity index is 1150. The minimum atomic E-state index is -2.89. The average molecular weight is 507 g/mol. The zero-order chi connectivity index (χ0) is 26.0. The molecule has 0 saturated heterocycles. The highest BCUT2D eigenvalue weighted by atomic mass is 35.5. The van der Waals surface area contributed by atoms with Gasteiger partial charge in [0.15, 0.2) is 0 Å². The van der Waals surface area contributed by atoms with Crippen LogP contribution in [0, 0.1) is 5.41 Å². The first-order valence-corrected chi connectivity index (χ1v) is 12.4. The monoisotopic (exact) mass is 506 g/mol. The molecule has 1 heterocycles. The largest absolute Gasteiger partial charge is 0.478 e. The van der Waals surface area contributed by atoms with Gasteiger partial charge in [0.05, 0.1) is 11.1 Å². The summed E-state index contributed by atoms with van der Waals surface area (Å²) in [5, 5.41) is 13.0. The Morgan fingerprint density at radius 2 is 1.91 bits per heavy atom. The van der Waals surface area contributed by atoms with E-state index in [1.807, 2.05) is 12.1 Å². The summed E-state index contributed by atoms with van der Waals surface area (Å²) in [5.74, 6) is -3.92. The van der Waals surface area contributed by atoms with Gasteiger partial charge < -0.3 is 10.4 Å². The highest BCUT2D eigenvalue weighted by molar-refractivity contribution is 6.31. The zero-order valence-electron chi connectivity index (χ0n) is 20.9. The normalized spacial score (nSPS) is 28.2. The Morgan fingerprint density at radius 1 is 1.23 bits per heavy atom. The molecule has 35 heavy (non-hydrogen) atoms. The smallest absolute Gasteiger partial charge is 0.331 e. The Morgan fingerprint density at radius 3 is 2.49 bits per heavy atom. The Balaban J connectivity index is 1.73. The summed E-state index contributed by atoms with van der Waals surface area (Å²) in [6, 6.07) is 5.18. The van der Waals surface area contributed by atoms with E-state index in [0.717, 1.165) is 18.4 Å². The van der Waals surface area contributed by atoms with Crippen LogP contribution in [-0.2, 0) is 16.8 Å². The number of alkyl halides is 2. The van der Waals surface area contributed by atoms with Crippen molar-refractivity contribution in [3.05, 3.63) is 57.3 Å². The van der Waals surface area contributed by atoms with E-state index in [1.165, 1.54) is 11.1 Å². The number of nitrogens with one attached hydrogen (secondary N) is 1. The summed E-state index contributed by atoms with van der Waals surface area (Å²) in [7, 11) is 0. The number of amides is 2. The van der Waals surface area contributed by atoms with Gasteiger partial charge in [-0.15, -0.1) is 0 Å². The lowest BCUT2D eigenvalue weighted by Crippen LogP contribution is -2.64. The van der Waals surface area contributed by atoms with Gasteiger partial charge >= 0.3 is 12.0 Å². The summed E-state index contributed by atoms with van der Waals surface area (Å²) in [6.45, 7) is 9.92. The van der Waals surface area contributed by atoms with Crippen molar-refractivity contribution in [2.45, 2.75) is 90.1 Å². The molecule has 5 nitrogen and oxygen atoms in total. The first-order valence-electron chi connectivity index (χ1n) is 12.0. The third kappa shape index (κ3) is 4.48. The van der Waals surface area contributed by atoms with Gasteiger partial charge in [-0.05, 0) is 66.9 Å². The fourth-order valence-corrected chi connectivity index (χ4v) is 5.70. The molecule has 4 rings (SSSR count). The molecule has 1 aromatic carbocycles. The van der Waals surface area contributed by atoms with Crippen molar-refractivity contribution in [1.82, 2.24) is 10.2 Å². The molecule has 2 atom stereocenters. The number of carbonyl (C=O) groups excluding carboxylic acids is 1. The molecule has 8 heteroatoms. The molecule has 3 aliphatic rings. The maximum absolute atomic E-state index is 14.6. The lowest BCUT2D eigenvalue weighted by atomic mass is 9.68. The average Bonchev–Trinajstić information content (AvgIpc) is 2.74. The van der Waals surface area contributed by atoms with Crippen molar-refractivity contribution in [3.8, 4) is 0 Å². The third-order valence-corrected chi connectivity index (χ3v) is 8.30. The number of rotatable bonds is 5. The number of aliphatic carboxylic acids is 1. The number of aryl methyl sites for hydroxylation is 1. The molecule has 0 bridgehead atoms. The number of carbonyl (C=O) groups is 2. The van der Waals surface area contributed by atoms with Crippen LogP contribution in [0.15, 0.2) is 41.1 Å². The summed E-state index contributed by atoms with van der Waals surface area (Å²) >= 11 is 6.64. The molecule has 1 aromatic rings. The number of fused-ring (bicyclic) bond motifs is 1. The number of hydrogen-bond acceptors (Lipinski definition) is 2. The van der Waals surface area contributed by atoms with Crippen LogP contribution < -0.4 is 5.32 Å². The van der Waals surface area contributed by atoms with Crippen molar-refractivity contribution in [2.75, 3.05) is 0 Å². The van der Waals surface area contributed by atoms with E-state index in [9.17, 15) is 23.5 Å². The predicted molar refractivity (Wildman–Crippen MR) is 132 cm³/mol. The predicted octanol–water partition coefficient (Wildman–Crippen LogP) is 6.81. The topological polar surface area (TPSA) is 69.6 Å². The molecular formula is C27H33ClF2N2O3. The molecule has 0 radical (unpaired) electrons. The summed E-state index contributed by atoms with van der Waals surface area (Å²) < 4.78 is 29.2. The van der Waals surface area contributed by atoms with E-state index in [4.69, 9.17) is 11.6 Å². The van der Waals surface area contributed by atoms with Gasteiger partial charge in [-0.3, -0.25) is 4.90 Å². The van der Waals surface area contributed by atoms with Crippen LogP contribution in [0.2, 0.25) is 5.02 Å². The number of carboxylic acids is 1. The van der Waals surface area contributed by atoms with E-state index in [-0.39, 0.29) is 30.3 Å². The molecule has 2 aliphatic carbocycles. The second kappa shape index (κ2) is 8.32.